The molecule has 0 fully saturated rings. The van der Waals surface area contributed by atoms with Crippen molar-refractivity contribution in [3.05, 3.63) is 59.9 Å². The van der Waals surface area contributed by atoms with E-state index in [-0.39, 0.29) is 30.5 Å². The van der Waals surface area contributed by atoms with Crippen molar-refractivity contribution in [2.45, 2.75) is 59.2 Å². The molecule has 0 saturated heterocycles. The Balaban J connectivity index is 1.79. The number of fused-ring (bicyclic) bond motifs is 1. The molecule has 0 aliphatic carbocycles. The molecule has 3 aromatic rings. The van der Waals surface area contributed by atoms with Crippen molar-refractivity contribution in [3.8, 4) is 5.75 Å². The highest BCUT2D eigenvalue weighted by atomic mass is 16.5. The molecule has 28 heavy (non-hydrogen) atoms. The third-order valence-electron chi connectivity index (χ3n) is 4.59. The normalized spacial score (nSPS) is 12.5. The summed E-state index contributed by atoms with van der Waals surface area (Å²) >= 11 is 0. The molecule has 0 saturated carbocycles. The van der Waals surface area contributed by atoms with E-state index in [1.54, 1.807) is 0 Å². The maximum Gasteiger partial charge on any atom is 0.225 e. The van der Waals surface area contributed by atoms with Crippen molar-refractivity contribution < 1.29 is 9.53 Å². The summed E-state index contributed by atoms with van der Waals surface area (Å²) in [5.41, 5.74) is 2.92. The highest BCUT2D eigenvalue weighted by molar-refractivity contribution is 5.80. The third kappa shape index (κ3) is 4.35. The summed E-state index contributed by atoms with van der Waals surface area (Å²) < 4.78 is 8.02. The molecule has 5 heteroatoms. The van der Waals surface area contributed by atoms with Gasteiger partial charge in [-0.1, -0.05) is 30.3 Å². The van der Waals surface area contributed by atoms with Gasteiger partial charge in [0.15, 0.2) is 0 Å². The Labute approximate surface area is 166 Å². The number of aromatic nitrogens is 2. The van der Waals surface area contributed by atoms with Crippen LogP contribution in [0.15, 0.2) is 48.5 Å². The van der Waals surface area contributed by atoms with E-state index in [2.05, 4.69) is 29.8 Å². The van der Waals surface area contributed by atoms with Crippen molar-refractivity contribution in [2.24, 2.45) is 0 Å². The minimum absolute atomic E-state index is 0.0466. The van der Waals surface area contributed by atoms with Gasteiger partial charge in [-0.3, -0.25) is 4.79 Å². The lowest BCUT2D eigenvalue weighted by molar-refractivity contribution is -0.121. The van der Waals surface area contributed by atoms with Gasteiger partial charge >= 0.3 is 0 Å². The van der Waals surface area contributed by atoms with Crippen molar-refractivity contribution >= 4 is 16.9 Å². The molecule has 1 aromatic heterocycles. The molecule has 5 nitrogen and oxygen atoms in total. The number of hydrogen-bond acceptors (Lipinski definition) is 3. The number of amides is 1. The highest BCUT2D eigenvalue weighted by Gasteiger charge is 2.20. The first kappa shape index (κ1) is 19.9. The Hall–Kier alpha value is -2.82. The monoisotopic (exact) mass is 379 g/mol. The number of hydrogen-bond donors (Lipinski definition) is 1. The standard InChI is InChI=1S/C23H29N3O2/c1-15(2)26-20-12-8-7-11-19(20)25-23(26)17(5)24-22(27)14-18-10-6-9-13-21(18)28-16(3)4/h6-13,15-17H,14H2,1-5H3,(H,24,27)/t17-/m0/s1. The van der Waals surface area contributed by atoms with Crippen LogP contribution >= 0.6 is 0 Å². The predicted molar refractivity (Wildman–Crippen MR) is 113 cm³/mol. The first-order valence-corrected chi connectivity index (χ1v) is 9.87. The first-order valence-electron chi connectivity index (χ1n) is 9.87. The van der Waals surface area contributed by atoms with E-state index in [1.807, 2.05) is 63.2 Å². The topological polar surface area (TPSA) is 56.1 Å². The van der Waals surface area contributed by atoms with Crippen molar-refractivity contribution in [2.75, 3.05) is 0 Å². The van der Waals surface area contributed by atoms with E-state index in [9.17, 15) is 4.79 Å². The number of benzene rings is 2. The zero-order valence-electron chi connectivity index (χ0n) is 17.3. The second kappa shape index (κ2) is 8.46. The van der Waals surface area contributed by atoms with Crippen LogP contribution in [0.25, 0.3) is 11.0 Å². The minimum Gasteiger partial charge on any atom is -0.491 e. The minimum atomic E-state index is -0.194. The molecular formula is C23H29N3O2. The first-order chi connectivity index (χ1) is 13.4. The molecule has 0 radical (unpaired) electrons. The van der Waals surface area contributed by atoms with E-state index in [0.29, 0.717) is 0 Å². The Morgan fingerprint density at radius 3 is 2.43 bits per heavy atom. The van der Waals surface area contributed by atoms with Crippen molar-refractivity contribution in [1.29, 1.82) is 0 Å². The second-order valence-corrected chi connectivity index (χ2v) is 7.66. The van der Waals surface area contributed by atoms with Crippen LogP contribution < -0.4 is 10.1 Å². The largest absolute Gasteiger partial charge is 0.491 e. The van der Waals surface area contributed by atoms with Gasteiger partial charge in [0.05, 0.1) is 29.6 Å². The van der Waals surface area contributed by atoms with Crippen LogP contribution in [-0.2, 0) is 11.2 Å². The summed E-state index contributed by atoms with van der Waals surface area (Å²) in [6.07, 6.45) is 0.337. The lowest BCUT2D eigenvalue weighted by atomic mass is 10.1. The number of para-hydroxylation sites is 3. The van der Waals surface area contributed by atoms with E-state index >= 15 is 0 Å². The zero-order chi connectivity index (χ0) is 20.3. The van der Waals surface area contributed by atoms with Gasteiger partial charge in [-0.25, -0.2) is 4.98 Å². The van der Waals surface area contributed by atoms with E-state index in [1.165, 1.54) is 0 Å². The van der Waals surface area contributed by atoms with Gasteiger partial charge in [-0.05, 0) is 52.8 Å². The van der Waals surface area contributed by atoms with Crippen LogP contribution in [0.5, 0.6) is 5.75 Å². The molecule has 0 aliphatic heterocycles. The molecule has 1 atom stereocenters. The van der Waals surface area contributed by atoms with Gasteiger partial charge in [0, 0.05) is 11.6 Å². The lowest BCUT2D eigenvalue weighted by Crippen LogP contribution is -2.30. The summed E-state index contributed by atoms with van der Waals surface area (Å²) in [5.74, 6) is 1.58. The van der Waals surface area contributed by atoms with Gasteiger partial charge in [0.2, 0.25) is 5.91 Å². The van der Waals surface area contributed by atoms with Gasteiger partial charge in [0.1, 0.15) is 11.6 Å². The molecule has 0 bridgehead atoms. The van der Waals surface area contributed by atoms with Crippen LogP contribution in [0, 0.1) is 0 Å². The predicted octanol–water partition coefficient (Wildman–Crippen LogP) is 4.82. The zero-order valence-corrected chi connectivity index (χ0v) is 17.3. The second-order valence-electron chi connectivity index (χ2n) is 7.66. The number of carbonyl (C=O) groups is 1. The van der Waals surface area contributed by atoms with Crippen LogP contribution in [-0.4, -0.2) is 21.6 Å². The quantitative estimate of drug-likeness (QED) is 0.640. The summed E-state index contributed by atoms with van der Waals surface area (Å²) in [4.78, 5) is 17.5. The number of nitrogens with one attached hydrogen (secondary N) is 1. The molecule has 1 amide bonds. The number of imidazole rings is 1. The van der Waals surface area contributed by atoms with Gasteiger partial charge < -0.3 is 14.6 Å². The summed E-state index contributed by atoms with van der Waals surface area (Å²) in [6.45, 7) is 10.2. The van der Waals surface area contributed by atoms with Crippen LogP contribution in [0.3, 0.4) is 0 Å². The highest BCUT2D eigenvalue weighted by Crippen LogP contribution is 2.25. The molecule has 0 unspecified atom stereocenters. The molecule has 0 aliphatic rings. The number of rotatable bonds is 7. The fourth-order valence-corrected chi connectivity index (χ4v) is 3.46. The molecule has 0 spiro atoms. The molecule has 148 valence electrons. The molecule has 2 aromatic carbocycles. The lowest BCUT2D eigenvalue weighted by Gasteiger charge is -2.19. The average Bonchev–Trinajstić information content (AvgIpc) is 3.03. The smallest absolute Gasteiger partial charge is 0.225 e. The Morgan fingerprint density at radius 1 is 1.04 bits per heavy atom. The fourth-order valence-electron chi connectivity index (χ4n) is 3.46. The van der Waals surface area contributed by atoms with Crippen LogP contribution in [0.2, 0.25) is 0 Å². The number of carbonyl (C=O) groups excluding carboxylic acids is 1. The van der Waals surface area contributed by atoms with E-state index in [4.69, 9.17) is 9.72 Å². The molecule has 1 heterocycles. The molecule has 3 rings (SSSR count). The van der Waals surface area contributed by atoms with Gasteiger partial charge in [-0.15, -0.1) is 0 Å². The van der Waals surface area contributed by atoms with Crippen molar-refractivity contribution in [3.63, 3.8) is 0 Å². The third-order valence-corrected chi connectivity index (χ3v) is 4.59. The maximum atomic E-state index is 12.7. The Kier molecular flexibility index (Phi) is 6.02. The summed E-state index contributed by atoms with van der Waals surface area (Å²) in [6, 6.07) is 15.8. The Bertz CT molecular complexity index is 959. The SMILES string of the molecule is CC(C)Oc1ccccc1CC(=O)N[C@@H](C)c1nc2ccccc2n1C(C)C. The average molecular weight is 380 g/mol. The Morgan fingerprint density at radius 2 is 1.71 bits per heavy atom. The van der Waals surface area contributed by atoms with E-state index < -0.39 is 0 Å². The van der Waals surface area contributed by atoms with Gasteiger partial charge in [-0.2, -0.15) is 0 Å². The molecular weight excluding hydrogens is 350 g/mol. The molecule has 1 N–H and O–H groups in total. The van der Waals surface area contributed by atoms with E-state index in [0.717, 1.165) is 28.2 Å². The maximum absolute atomic E-state index is 12.7. The van der Waals surface area contributed by atoms with Crippen LogP contribution in [0.1, 0.15) is 58.1 Å². The fraction of sp³-hybridized carbons (Fsp3) is 0.391. The number of nitrogens with zero attached hydrogens (tertiary/aromatic N) is 2. The van der Waals surface area contributed by atoms with Crippen molar-refractivity contribution in [1.82, 2.24) is 14.9 Å². The summed E-state index contributed by atoms with van der Waals surface area (Å²) in [5, 5.41) is 3.10. The number of ether oxygens (including phenoxy) is 1. The summed E-state index contributed by atoms with van der Waals surface area (Å²) in [7, 11) is 0. The van der Waals surface area contributed by atoms with Gasteiger partial charge in [0.25, 0.3) is 0 Å². The van der Waals surface area contributed by atoms with Crippen LogP contribution in [0.4, 0.5) is 0 Å².